The van der Waals surface area contributed by atoms with Crippen molar-refractivity contribution in [2.45, 2.75) is 19.8 Å². The molecule has 0 saturated carbocycles. The molecule has 0 nitrogen and oxygen atoms in total. The Kier molecular flexibility index (Phi) is 2.64. The molecule has 0 N–H and O–H groups in total. The molecule has 0 unspecified atom stereocenters. The van der Waals surface area contributed by atoms with Crippen molar-refractivity contribution in [1.29, 1.82) is 0 Å². The first kappa shape index (κ1) is 8.98. The normalized spacial score (nSPS) is 10.3. The van der Waals surface area contributed by atoms with E-state index in [2.05, 4.69) is 6.58 Å². The van der Waals surface area contributed by atoms with Crippen LogP contribution in [0.4, 0.5) is 4.39 Å². The zero-order valence-electron chi connectivity index (χ0n) is 7.47. The maximum atomic E-state index is 13.1. The monoisotopic (exact) mass is 164 g/mol. The third kappa shape index (κ3) is 1.73. The Morgan fingerprint density at radius 3 is 2.50 bits per heavy atom. The SMILES string of the molecule is C=Cc1ccc(C(C)C)cc1F. The van der Waals surface area contributed by atoms with Gasteiger partial charge in [0.05, 0.1) is 0 Å². The van der Waals surface area contributed by atoms with Gasteiger partial charge in [-0.25, -0.2) is 4.39 Å². The van der Waals surface area contributed by atoms with Crippen molar-refractivity contribution in [3.05, 3.63) is 41.7 Å². The molecule has 0 saturated heterocycles. The third-order valence-electron chi connectivity index (χ3n) is 1.91. The van der Waals surface area contributed by atoms with Gasteiger partial charge in [-0.3, -0.25) is 0 Å². The summed E-state index contributed by atoms with van der Waals surface area (Å²) in [6.45, 7) is 7.61. The maximum Gasteiger partial charge on any atom is 0.130 e. The predicted molar refractivity (Wildman–Crippen MR) is 50.6 cm³/mol. The van der Waals surface area contributed by atoms with Crippen molar-refractivity contribution in [1.82, 2.24) is 0 Å². The largest absolute Gasteiger partial charge is 0.206 e. The second kappa shape index (κ2) is 3.53. The van der Waals surface area contributed by atoms with Crippen molar-refractivity contribution in [3.63, 3.8) is 0 Å². The van der Waals surface area contributed by atoms with Crippen LogP contribution in [-0.4, -0.2) is 0 Å². The lowest BCUT2D eigenvalue weighted by molar-refractivity contribution is 0.620. The summed E-state index contributed by atoms with van der Waals surface area (Å²) >= 11 is 0. The molecular formula is C11H13F. The van der Waals surface area contributed by atoms with E-state index < -0.39 is 0 Å². The molecule has 0 heterocycles. The Morgan fingerprint density at radius 2 is 2.08 bits per heavy atom. The Labute approximate surface area is 72.7 Å². The van der Waals surface area contributed by atoms with Crippen molar-refractivity contribution in [3.8, 4) is 0 Å². The van der Waals surface area contributed by atoms with Gasteiger partial charge in [-0.1, -0.05) is 38.6 Å². The van der Waals surface area contributed by atoms with E-state index in [9.17, 15) is 4.39 Å². The highest BCUT2D eigenvalue weighted by molar-refractivity contribution is 5.48. The van der Waals surface area contributed by atoms with E-state index >= 15 is 0 Å². The van der Waals surface area contributed by atoms with Crippen LogP contribution in [0.1, 0.15) is 30.9 Å². The van der Waals surface area contributed by atoms with Gasteiger partial charge in [-0.2, -0.15) is 0 Å². The molecule has 0 atom stereocenters. The van der Waals surface area contributed by atoms with Crippen LogP contribution in [0, 0.1) is 5.82 Å². The molecule has 1 heteroatoms. The number of hydrogen-bond acceptors (Lipinski definition) is 0. The molecule has 0 radical (unpaired) electrons. The van der Waals surface area contributed by atoms with Crippen LogP contribution in [0.15, 0.2) is 24.8 Å². The van der Waals surface area contributed by atoms with E-state index in [1.165, 1.54) is 6.08 Å². The summed E-state index contributed by atoms with van der Waals surface area (Å²) < 4.78 is 13.1. The molecule has 0 bridgehead atoms. The van der Waals surface area contributed by atoms with Gasteiger partial charge < -0.3 is 0 Å². The van der Waals surface area contributed by atoms with Crippen LogP contribution in [-0.2, 0) is 0 Å². The average molecular weight is 164 g/mol. The molecule has 0 spiro atoms. The highest BCUT2D eigenvalue weighted by Gasteiger charge is 2.02. The molecule has 0 aliphatic rings. The van der Waals surface area contributed by atoms with Crippen LogP contribution in [0.25, 0.3) is 6.08 Å². The van der Waals surface area contributed by atoms with Gasteiger partial charge in [-0.05, 0) is 17.5 Å². The fourth-order valence-corrected chi connectivity index (χ4v) is 1.07. The standard InChI is InChI=1S/C11H13F/c1-4-9-5-6-10(8(2)3)7-11(9)12/h4-8H,1H2,2-3H3. The minimum absolute atomic E-state index is 0.184. The molecular weight excluding hydrogens is 151 g/mol. The van der Waals surface area contributed by atoms with E-state index in [1.54, 1.807) is 12.1 Å². The second-order valence-corrected chi connectivity index (χ2v) is 3.14. The van der Waals surface area contributed by atoms with Crippen molar-refractivity contribution in [2.75, 3.05) is 0 Å². The Hall–Kier alpha value is -1.11. The number of rotatable bonds is 2. The van der Waals surface area contributed by atoms with E-state index in [1.807, 2.05) is 19.9 Å². The molecule has 0 fully saturated rings. The van der Waals surface area contributed by atoms with Gasteiger partial charge >= 0.3 is 0 Å². The smallest absolute Gasteiger partial charge is 0.130 e. The van der Waals surface area contributed by atoms with Crippen LogP contribution in [0.2, 0.25) is 0 Å². The molecule has 64 valence electrons. The summed E-state index contributed by atoms with van der Waals surface area (Å²) in [7, 11) is 0. The summed E-state index contributed by atoms with van der Waals surface area (Å²) in [6.07, 6.45) is 1.53. The third-order valence-corrected chi connectivity index (χ3v) is 1.91. The Bertz CT molecular complexity index is 287. The van der Waals surface area contributed by atoms with Crippen molar-refractivity contribution in [2.24, 2.45) is 0 Å². The second-order valence-electron chi connectivity index (χ2n) is 3.14. The fraction of sp³-hybridized carbons (Fsp3) is 0.273. The van der Waals surface area contributed by atoms with Gasteiger partial charge in [0.25, 0.3) is 0 Å². The predicted octanol–water partition coefficient (Wildman–Crippen LogP) is 3.59. The highest BCUT2D eigenvalue weighted by Crippen LogP contribution is 2.18. The highest BCUT2D eigenvalue weighted by atomic mass is 19.1. The topological polar surface area (TPSA) is 0 Å². The summed E-state index contributed by atoms with van der Waals surface area (Å²) in [4.78, 5) is 0. The molecule has 0 aliphatic heterocycles. The van der Waals surface area contributed by atoms with Gasteiger partial charge in [0.15, 0.2) is 0 Å². The first-order chi connectivity index (χ1) is 5.65. The van der Waals surface area contributed by atoms with Crippen LogP contribution in [0.3, 0.4) is 0 Å². The quantitative estimate of drug-likeness (QED) is 0.626. The van der Waals surface area contributed by atoms with Crippen molar-refractivity contribution < 1.29 is 4.39 Å². The van der Waals surface area contributed by atoms with E-state index in [0.717, 1.165) is 5.56 Å². The summed E-state index contributed by atoms with van der Waals surface area (Å²) in [5, 5.41) is 0. The Balaban J connectivity index is 3.10. The molecule has 0 amide bonds. The van der Waals surface area contributed by atoms with E-state index in [4.69, 9.17) is 0 Å². The van der Waals surface area contributed by atoms with Gasteiger partial charge in [0, 0.05) is 5.56 Å². The molecule has 12 heavy (non-hydrogen) atoms. The molecule has 1 rings (SSSR count). The summed E-state index contributed by atoms with van der Waals surface area (Å²) in [6, 6.07) is 5.27. The number of benzene rings is 1. The molecule has 1 aromatic carbocycles. The van der Waals surface area contributed by atoms with Crippen molar-refractivity contribution >= 4 is 6.08 Å². The number of hydrogen-bond donors (Lipinski definition) is 0. The lowest BCUT2D eigenvalue weighted by atomic mass is 10.0. The zero-order valence-corrected chi connectivity index (χ0v) is 7.47. The first-order valence-electron chi connectivity index (χ1n) is 4.07. The van der Waals surface area contributed by atoms with Gasteiger partial charge in [0.2, 0.25) is 0 Å². The zero-order chi connectivity index (χ0) is 9.14. The lowest BCUT2D eigenvalue weighted by Gasteiger charge is -2.05. The van der Waals surface area contributed by atoms with Gasteiger partial charge in [-0.15, -0.1) is 0 Å². The Morgan fingerprint density at radius 1 is 1.42 bits per heavy atom. The first-order valence-corrected chi connectivity index (χ1v) is 4.07. The fourth-order valence-electron chi connectivity index (χ4n) is 1.07. The van der Waals surface area contributed by atoms with Crippen LogP contribution < -0.4 is 0 Å². The summed E-state index contributed by atoms with van der Waals surface area (Å²) in [5.41, 5.74) is 1.59. The minimum atomic E-state index is -0.184. The minimum Gasteiger partial charge on any atom is -0.206 e. The number of halogens is 1. The lowest BCUT2D eigenvalue weighted by Crippen LogP contribution is -1.90. The maximum absolute atomic E-state index is 13.1. The van der Waals surface area contributed by atoms with E-state index in [0.29, 0.717) is 11.5 Å². The van der Waals surface area contributed by atoms with Gasteiger partial charge in [0.1, 0.15) is 5.82 Å². The molecule has 1 aromatic rings. The molecule has 0 aliphatic carbocycles. The van der Waals surface area contributed by atoms with E-state index in [-0.39, 0.29) is 5.82 Å². The average Bonchev–Trinajstić information content (AvgIpc) is 2.04. The van der Waals surface area contributed by atoms with Crippen LogP contribution >= 0.6 is 0 Å². The molecule has 0 aromatic heterocycles. The van der Waals surface area contributed by atoms with Crippen LogP contribution in [0.5, 0.6) is 0 Å². The summed E-state index contributed by atoms with van der Waals surface area (Å²) in [5.74, 6) is 0.189.